The Morgan fingerprint density at radius 1 is 1.38 bits per heavy atom. The smallest absolute Gasteiger partial charge is 0.263 e. The summed E-state index contributed by atoms with van der Waals surface area (Å²) in [5.41, 5.74) is 1.11. The number of pyridine rings is 1. The fourth-order valence-corrected chi connectivity index (χ4v) is 4.89. The monoisotopic (exact) mass is 342 g/mol. The van der Waals surface area contributed by atoms with Crippen molar-refractivity contribution in [3.63, 3.8) is 0 Å². The molecule has 2 aliphatic rings. The first kappa shape index (κ1) is 15.8. The molecule has 1 saturated carbocycles. The van der Waals surface area contributed by atoms with Gasteiger partial charge >= 0.3 is 0 Å². The molecule has 3 heterocycles. The summed E-state index contributed by atoms with van der Waals surface area (Å²) in [5, 5.41) is 1.97. The van der Waals surface area contributed by atoms with E-state index in [9.17, 15) is 4.79 Å². The maximum Gasteiger partial charge on any atom is 0.263 e. The molecule has 0 bridgehead atoms. The lowest BCUT2D eigenvalue weighted by atomic mass is 9.81. The summed E-state index contributed by atoms with van der Waals surface area (Å²) in [7, 11) is 0. The second-order valence-corrected chi connectivity index (χ2v) is 7.88. The van der Waals surface area contributed by atoms with Gasteiger partial charge in [-0.15, -0.1) is 11.3 Å². The van der Waals surface area contributed by atoms with Crippen LogP contribution in [0.25, 0.3) is 0 Å². The molecule has 2 atom stereocenters. The third-order valence-electron chi connectivity index (χ3n) is 5.42. The summed E-state index contributed by atoms with van der Waals surface area (Å²) in [6.45, 7) is 2.98. The average molecular weight is 342 g/mol. The first-order valence-electron chi connectivity index (χ1n) is 8.57. The second kappa shape index (κ2) is 6.65. The summed E-state index contributed by atoms with van der Waals surface area (Å²) in [4.78, 5) is 19.9. The number of carbonyl (C=O) groups is 1. The number of hydrogen-bond donors (Lipinski definition) is 0. The Balaban J connectivity index is 1.40. The molecular weight excluding hydrogens is 320 g/mol. The Morgan fingerprint density at radius 2 is 2.33 bits per heavy atom. The third-order valence-corrected chi connectivity index (χ3v) is 6.28. The quantitative estimate of drug-likeness (QED) is 0.834. The minimum atomic E-state index is 0.141. The molecule has 4 rings (SSSR count). The summed E-state index contributed by atoms with van der Waals surface area (Å²) >= 11 is 1.53. The maximum absolute atomic E-state index is 12.7. The predicted octanol–water partition coefficient (Wildman–Crippen LogP) is 3.60. The first-order valence-corrected chi connectivity index (χ1v) is 9.45. The van der Waals surface area contributed by atoms with Crippen molar-refractivity contribution in [3.05, 3.63) is 52.5 Å². The normalized spacial score (nSPS) is 25.8. The van der Waals surface area contributed by atoms with Crippen LogP contribution >= 0.6 is 11.3 Å². The van der Waals surface area contributed by atoms with Gasteiger partial charge < -0.3 is 9.64 Å². The van der Waals surface area contributed by atoms with E-state index in [1.807, 2.05) is 40.6 Å². The molecule has 1 aliphatic heterocycles. The minimum absolute atomic E-state index is 0.141. The molecule has 0 N–H and O–H groups in total. The van der Waals surface area contributed by atoms with Gasteiger partial charge in [0.15, 0.2) is 0 Å². The van der Waals surface area contributed by atoms with Crippen LogP contribution in [-0.4, -0.2) is 35.5 Å². The number of thiophene rings is 1. The summed E-state index contributed by atoms with van der Waals surface area (Å²) < 4.78 is 6.03. The van der Waals surface area contributed by atoms with Gasteiger partial charge in [0.05, 0.1) is 23.8 Å². The molecule has 0 radical (unpaired) electrons. The summed E-state index contributed by atoms with van der Waals surface area (Å²) in [6.07, 6.45) is 5.42. The number of amides is 1. The van der Waals surface area contributed by atoms with E-state index in [2.05, 4.69) is 4.98 Å². The maximum atomic E-state index is 12.7. The SMILES string of the molecule is O=C(c1cccs1)N1C[C@H]2CCC[C@]2(COCc2ccccn2)C1. The summed E-state index contributed by atoms with van der Waals surface area (Å²) in [5.74, 6) is 0.758. The molecule has 0 unspecified atom stereocenters. The summed E-state index contributed by atoms with van der Waals surface area (Å²) in [6, 6.07) is 9.76. The Hall–Kier alpha value is -1.72. The van der Waals surface area contributed by atoms with Crippen molar-refractivity contribution in [2.24, 2.45) is 11.3 Å². The van der Waals surface area contributed by atoms with Crippen LogP contribution in [0.15, 0.2) is 41.9 Å². The molecule has 4 nitrogen and oxygen atoms in total. The van der Waals surface area contributed by atoms with Gasteiger partial charge in [-0.25, -0.2) is 0 Å². The minimum Gasteiger partial charge on any atom is -0.375 e. The van der Waals surface area contributed by atoms with E-state index >= 15 is 0 Å². The predicted molar refractivity (Wildman–Crippen MR) is 93.9 cm³/mol. The second-order valence-electron chi connectivity index (χ2n) is 6.93. The number of nitrogens with zero attached hydrogens (tertiary/aromatic N) is 2. The Bertz CT molecular complexity index is 689. The molecule has 126 valence electrons. The van der Waals surface area contributed by atoms with Crippen LogP contribution in [-0.2, 0) is 11.3 Å². The average Bonchev–Trinajstić information content (AvgIpc) is 3.31. The van der Waals surface area contributed by atoms with Crippen LogP contribution in [0.4, 0.5) is 0 Å². The van der Waals surface area contributed by atoms with E-state index < -0.39 is 0 Å². The fraction of sp³-hybridized carbons (Fsp3) is 0.474. The Kier molecular flexibility index (Phi) is 4.37. The van der Waals surface area contributed by atoms with Crippen LogP contribution < -0.4 is 0 Å². The van der Waals surface area contributed by atoms with Crippen LogP contribution in [0.3, 0.4) is 0 Å². The zero-order valence-electron chi connectivity index (χ0n) is 13.7. The number of rotatable bonds is 5. The van der Waals surface area contributed by atoms with Crippen molar-refractivity contribution in [1.29, 1.82) is 0 Å². The molecule has 0 spiro atoms. The third kappa shape index (κ3) is 2.98. The zero-order valence-corrected chi connectivity index (χ0v) is 14.5. The van der Waals surface area contributed by atoms with Crippen molar-refractivity contribution in [1.82, 2.24) is 9.88 Å². The molecule has 0 aromatic carbocycles. The highest BCUT2D eigenvalue weighted by atomic mass is 32.1. The number of hydrogen-bond acceptors (Lipinski definition) is 4. The molecule has 1 aliphatic carbocycles. The molecule has 1 saturated heterocycles. The highest BCUT2D eigenvalue weighted by Crippen LogP contribution is 2.49. The van der Waals surface area contributed by atoms with Gasteiger partial charge in [0.25, 0.3) is 5.91 Å². The van der Waals surface area contributed by atoms with Crippen LogP contribution in [0.2, 0.25) is 0 Å². The van der Waals surface area contributed by atoms with Crippen molar-refractivity contribution >= 4 is 17.2 Å². The van der Waals surface area contributed by atoms with Gasteiger partial charge in [0.1, 0.15) is 0 Å². The number of carbonyl (C=O) groups excluding carboxylic acids is 1. The van der Waals surface area contributed by atoms with Crippen LogP contribution in [0.5, 0.6) is 0 Å². The largest absolute Gasteiger partial charge is 0.375 e. The fourth-order valence-electron chi connectivity index (χ4n) is 4.20. The van der Waals surface area contributed by atoms with Gasteiger partial charge in [-0.05, 0) is 42.3 Å². The lowest BCUT2D eigenvalue weighted by Crippen LogP contribution is -2.34. The molecule has 1 amide bonds. The van der Waals surface area contributed by atoms with E-state index in [4.69, 9.17) is 4.74 Å². The topological polar surface area (TPSA) is 42.4 Å². The van der Waals surface area contributed by atoms with Crippen molar-refractivity contribution in [2.75, 3.05) is 19.7 Å². The van der Waals surface area contributed by atoms with E-state index in [0.29, 0.717) is 12.5 Å². The molecule has 2 aromatic heterocycles. The molecule has 2 aromatic rings. The van der Waals surface area contributed by atoms with Crippen molar-refractivity contribution in [3.8, 4) is 0 Å². The van der Waals surface area contributed by atoms with Gasteiger partial charge in [-0.3, -0.25) is 9.78 Å². The lowest BCUT2D eigenvalue weighted by molar-refractivity contribution is 0.0252. The Labute approximate surface area is 146 Å². The van der Waals surface area contributed by atoms with Gasteiger partial charge in [0, 0.05) is 24.7 Å². The lowest BCUT2D eigenvalue weighted by Gasteiger charge is -2.28. The molecule has 5 heteroatoms. The van der Waals surface area contributed by atoms with E-state index in [1.165, 1.54) is 24.2 Å². The highest BCUT2D eigenvalue weighted by molar-refractivity contribution is 7.12. The standard InChI is InChI=1S/C19H22N2O2S/c22-18(17-7-4-10-24-17)21-11-15-5-3-8-19(15,13-21)14-23-12-16-6-1-2-9-20-16/h1-2,4,6-7,9-10,15H,3,5,8,11-14H2/t15-,19-/m1/s1. The number of fused-ring (bicyclic) bond motifs is 1. The molecule has 24 heavy (non-hydrogen) atoms. The van der Waals surface area contributed by atoms with E-state index in [0.717, 1.165) is 36.7 Å². The van der Waals surface area contributed by atoms with Gasteiger partial charge in [-0.1, -0.05) is 18.6 Å². The number of likely N-dealkylation sites (tertiary alicyclic amines) is 1. The van der Waals surface area contributed by atoms with Crippen molar-refractivity contribution < 1.29 is 9.53 Å². The van der Waals surface area contributed by atoms with Crippen LogP contribution in [0.1, 0.15) is 34.6 Å². The number of aromatic nitrogens is 1. The van der Waals surface area contributed by atoms with E-state index in [-0.39, 0.29) is 11.3 Å². The van der Waals surface area contributed by atoms with Gasteiger partial charge in [0.2, 0.25) is 0 Å². The van der Waals surface area contributed by atoms with Crippen LogP contribution in [0, 0.1) is 11.3 Å². The van der Waals surface area contributed by atoms with E-state index in [1.54, 1.807) is 6.20 Å². The Morgan fingerprint density at radius 3 is 3.12 bits per heavy atom. The number of ether oxygens (including phenoxy) is 1. The molecular formula is C19H22N2O2S. The first-order chi connectivity index (χ1) is 11.8. The van der Waals surface area contributed by atoms with Gasteiger partial charge in [-0.2, -0.15) is 0 Å². The molecule has 2 fully saturated rings. The highest BCUT2D eigenvalue weighted by Gasteiger charge is 2.50. The zero-order chi connectivity index (χ0) is 16.4. The van der Waals surface area contributed by atoms with Crippen molar-refractivity contribution in [2.45, 2.75) is 25.9 Å².